The fourth-order valence-electron chi connectivity index (χ4n) is 1.90. The summed E-state index contributed by atoms with van der Waals surface area (Å²) < 4.78 is 5.50. The largest absolute Gasteiger partial charge is 0.381 e. The number of hydrogen-bond donors (Lipinski definition) is 1. The molecule has 0 aromatic heterocycles. The fraction of sp³-hybridized carbons (Fsp3) is 0.923. The van der Waals surface area contributed by atoms with E-state index in [2.05, 4.69) is 23.7 Å². The summed E-state index contributed by atoms with van der Waals surface area (Å²) in [5.41, 5.74) is 5.95. The zero-order valence-electron chi connectivity index (χ0n) is 11.3. The summed E-state index contributed by atoms with van der Waals surface area (Å²) in [5.74, 6) is 1.32. The second-order valence-electron chi connectivity index (χ2n) is 5.11. The summed E-state index contributed by atoms with van der Waals surface area (Å²) in [6.45, 7) is 8.86. The van der Waals surface area contributed by atoms with Gasteiger partial charge in [0.05, 0.1) is 0 Å². The van der Waals surface area contributed by atoms with Crippen molar-refractivity contribution in [2.24, 2.45) is 16.6 Å². The molecule has 0 amide bonds. The van der Waals surface area contributed by atoms with Gasteiger partial charge in [0, 0.05) is 32.8 Å². The van der Waals surface area contributed by atoms with Crippen molar-refractivity contribution in [2.75, 3.05) is 32.8 Å². The first kappa shape index (κ1) is 14.3. The van der Waals surface area contributed by atoms with Gasteiger partial charge < -0.3 is 15.4 Å². The lowest BCUT2D eigenvalue weighted by Crippen LogP contribution is -2.40. The Kier molecular flexibility index (Phi) is 7.01. The lowest BCUT2D eigenvalue weighted by molar-refractivity contribution is 0.109. The lowest BCUT2D eigenvalue weighted by atomic mass is 10.1. The minimum Gasteiger partial charge on any atom is -0.381 e. The Morgan fingerprint density at radius 1 is 1.29 bits per heavy atom. The van der Waals surface area contributed by atoms with Crippen LogP contribution < -0.4 is 5.73 Å². The molecule has 1 fully saturated rings. The van der Waals surface area contributed by atoms with Crippen LogP contribution in [0.25, 0.3) is 0 Å². The van der Waals surface area contributed by atoms with Crippen LogP contribution in [-0.4, -0.2) is 43.7 Å². The van der Waals surface area contributed by atoms with E-state index in [1.807, 2.05) is 0 Å². The van der Waals surface area contributed by atoms with E-state index < -0.39 is 0 Å². The van der Waals surface area contributed by atoms with Gasteiger partial charge in [0.1, 0.15) is 0 Å². The van der Waals surface area contributed by atoms with Crippen molar-refractivity contribution in [3.05, 3.63) is 0 Å². The van der Waals surface area contributed by atoms with E-state index in [1.54, 1.807) is 0 Å². The summed E-state index contributed by atoms with van der Waals surface area (Å²) in [7, 11) is 0. The molecule has 4 heteroatoms. The molecular weight excluding hydrogens is 214 g/mol. The first-order valence-corrected chi connectivity index (χ1v) is 6.82. The van der Waals surface area contributed by atoms with Gasteiger partial charge in [0.25, 0.3) is 0 Å². The minimum atomic E-state index is 0.608. The number of hydrogen-bond acceptors (Lipinski definition) is 2. The normalized spacial score (nSPS) is 17.8. The van der Waals surface area contributed by atoms with Gasteiger partial charge in [0.15, 0.2) is 5.96 Å². The molecule has 1 aliphatic heterocycles. The SMILES string of the molecule is CC(C)COCCCN=C(N)N1CCCCC1. The summed E-state index contributed by atoms with van der Waals surface area (Å²) in [4.78, 5) is 6.60. The smallest absolute Gasteiger partial charge is 0.191 e. The Balaban J connectivity index is 2.06. The maximum atomic E-state index is 5.95. The number of piperidine rings is 1. The van der Waals surface area contributed by atoms with Gasteiger partial charge in [-0.1, -0.05) is 13.8 Å². The van der Waals surface area contributed by atoms with Crippen molar-refractivity contribution >= 4 is 5.96 Å². The number of guanidine groups is 1. The molecule has 0 spiro atoms. The molecule has 4 nitrogen and oxygen atoms in total. The van der Waals surface area contributed by atoms with Crippen LogP contribution in [0.2, 0.25) is 0 Å². The first-order valence-electron chi connectivity index (χ1n) is 6.82. The van der Waals surface area contributed by atoms with E-state index >= 15 is 0 Å². The first-order chi connectivity index (χ1) is 8.20. The molecule has 0 aliphatic carbocycles. The Bertz CT molecular complexity index is 223. The summed E-state index contributed by atoms with van der Waals surface area (Å²) in [6, 6.07) is 0. The standard InChI is InChI=1S/C13H27N3O/c1-12(2)11-17-10-6-7-15-13(14)16-8-4-3-5-9-16/h12H,3-11H2,1-2H3,(H2,14,15). The molecule has 0 atom stereocenters. The van der Waals surface area contributed by atoms with Gasteiger partial charge in [-0.2, -0.15) is 0 Å². The highest BCUT2D eigenvalue weighted by atomic mass is 16.5. The molecule has 100 valence electrons. The molecule has 0 saturated carbocycles. The Hall–Kier alpha value is -0.770. The summed E-state index contributed by atoms with van der Waals surface area (Å²) in [6.07, 6.45) is 4.77. The highest BCUT2D eigenvalue weighted by Crippen LogP contribution is 2.07. The molecule has 0 radical (unpaired) electrons. The average molecular weight is 241 g/mol. The number of rotatable bonds is 6. The Labute approximate surface area is 105 Å². The molecule has 1 rings (SSSR count). The molecule has 17 heavy (non-hydrogen) atoms. The van der Waals surface area contributed by atoms with E-state index in [4.69, 9.17) is 10.5 Å². The van der Waals surface area contributed by atoms with Crippen LogP contribution in [0.5, 0.6) is 0 Å². The molecule has 0 unspecified atom stereocenters. The van der Waals surface area contributed by atoms with Crippen molar-refractivity contribution in [3.63, 3.8) is 0 Å². The van der Waals surface area contributed by atoms with E-state index in [9.17, 15) is 0 Å². The van der Waals surface area contributed by atoms with Crippen LogP contribution in [-0.2, 0) is 4.74 Å². The number of nitrogens with two attached hydrogens (primary N) is 1. The molecule has 0 aromatic rings. The third-order valence-corrected chi connectivity index (χ3v) is 2.85. The number of ether oxygens (including phenoxy) is 1. The maximum Gasteiger partial charge on any atom is 0.191 e. The van der Waals surface area contributed by atoms with Crippen molar-refractivity contribution in [3.8, 4) is 0 Å². The topological polar surface area (TPSA) is 50.9 Å². The third-order valence-electron chi connectivity index (χ3n) is 2.85. The predicted octanol–water partition coefficient (Wildman–Crippen LogP) is 1.85. The zero-order valence-corrected chi connectivity index (χ0v) is 11.3. The average Bonchev–Trinajstić information content (AvgIpc) is 2.34. The minimum absolute atomic E-state index is 0.608. The van der Waals surface area contributed by atoms with Crippen molar-refractivity contribution in [1.82, 2.24) is 4.90 Å². The highest BCUT2D eigenvalue weighted by Gasteiger charge is 2.11. The molecular formula is C13H27N3O. The molecule has 1 aliphatic rings. The maximum absolute atomic E-state index is 5.95. The van der Waals surface area contributed by atoms with Crippen LogP contribution in [0, 0.1) is 5.92 Å². The fourth-order valence-corrected chi connectivity index (χ4v) is 1.90. The van der Waals surface area contributed by atoms with Gasteiger partial charge in [0.2, 0.25) is 0 Å². The summed E-state index contributed by atoms with van der Waals surface area (Å²) >= 11 is 0. The van der Waals surface area contributed by atoms with Gasteiger partial charge in [-0.25, -0.2) is 0 Å². The molecule has 1 heterocycles. The van der Waals surface area contributed by atoms with Crippen molar-refractivity contribution < 1.29 is 4.74 Å². The van der Waals surface area contributed by atoms with Crippen LogP contribution in [0.1, 0.15) is 39.5 Å². The Morgan fingerprint density at radius 2 is 2.00 bits per heavy atom. The van der Waals surface area contributed by atoms with Crippen molar-refractivity contribution in [1.29, 1.82) is 0 Å². The Morgan fingerprint density at radius 3 is 2.65 bits per heavy atom. The predicted molar refractivity (Wildman–Crippen MR) is 72.2 cm³/mol. The van der Waals surface area contributed by atoms with Crippen LogP contribution >= 0.6 is 0 Å². The number of likely N-dealkylation sites (tertiary alicyclic amines) is 1. The van der Waals surface area contributed by atoms with Gasteiger partial charge in [-0.3, -0.25) is 4.99 Å². The van der Waals surface area contributed by atoms with Gasteiger partial charge in [-0.05, 0) is 31.6 Å². The number of nitrogens with zero attached hydrogens (tertiary/aromatic N) is 2. The second-order valence-corrected chi connectivity index (χ2v) is 5.11. The third kappa shape index (κ3) is 6.51. The van der Waals surface area contributed by atoms with Gasteiger partial charge >= 0.3 is 0 Å². The lowest BCUT2D eigenvalue weighted by Gasteiger charge is -2.27. The number of aliphatic imine (C=N–C) groups is 1. The second kappa shape index (κ2) is 8.34. The molecule has 2 N–H and O–H groups in total. The molecule has 1 saturated heterocycles. The summed E-state index contributed by atoms with van der Waals surface area (Å²) in [5, 5.41) is 0. The molecule has 0 aromatic carbocycles. The van der Waals surface area contributed by atoms with Crippen molar-refractivity contribution in [2.45, 2.75) is 39.5 Å². The molecule has 0 bridgehead atoms. The zero-order chi connectivity index (χ0) is 12.5. The van der Waals surface area contributed by atoms with Gasteiger partial charge in [-0.15, -0.1) is 0 Å². The van der Waals surface area contributed by atoms with E-state index in [1.165, 1.54) is 19.3 Å². The quantitative estimate of drug-likeness (QED) is 0.438. The van der Waals surface area contributed by atoms with Crippen LogP contribution in [0.15, 0.2) is 4.99 Å². The highest BCUT2D eigenvalue weighted by molar-refractivity contribution is 5.78. The van der Waals surface area contributed by atoms with Crippen LogP contribution in [0.4, 0.5) is 0 Å². The van der Waals surface area contributed by atoms with E-state index in [0.717, 1.165) is 39.3 Å². The van der Waals surface area contributed by atoms with E-state index in [0.29, 0.717) is 11.9 Å². The monoisotopic (exact) mass is 241 g/mol. The van der Waals surface area contributed by atoms with E-state index in [-0.39, 0.29) is 0 Å². The van der Waals surface area contributed by atoms with Crippen LogP contribution in [0.3, 0.4) is 0 Å².